The summed E-state index contributed by atoms with van der Waals surface area (Å²) >= 11 is 0. The molecule has 0 aliphatic heterocycles. The van der Waals surface area contributed by atoms with Gasteiger partial charge in [0.15, 0.2) is 0 Å². The second-order valence-corrected chi connectivity index (χ2v) is 5.37. The van der Waals surface area contributed by atoms with Crippen molar-refractivity contribution < 1.29 is 14.6 Å². The molecule has 0 heterocycles. The molecule has 1 atom stereocenters. The van der Waals surface area contributed by atoms with E-state index in [1.165, 1.54) is 0 Å². The molecule has 2 aromatic carbocycles. The number of hydrogen-bond donors (Lipinski definition) is 2. The summed E-state index contributed by atoms with van der Waals surface area (Å²) in [4.78, 5) is 10.9. The van der Waals surface area contributed by atoms with Crippen molar-refractivity contribution in [2.24, 2.45) is 0 Å². The van der Waals surface area contributed by atoms with Gasteiger partial charge in [-0.15, -0.1) is 5.92 Å². The molecule has 0 bridgehead atoms. The fourth-order valence-corrected chi connectivity index (χ4v) is 2.42. The van der Waals surface area contributed by atoms with Crippen LogP contribution in [-0.2, 0) is 11.3 Å². The van der Waals surface area contributed by atoms with Crippen LogP contribution in [0.2, 0.25) is 0 Å². The van der Waals surface area contributed by atoms with E-state index in [1.54, 1.807) is 14.0 Å². The Morgan fingerprint density at radius 1 is 1.25 bits per heavy atom. The molecule has 2 aromatic rings. The molecule has 124 valence electrons. The number of anilines is 1. The Kier molecular flexibility index (Phi) is 6.27. The number of carbonyl (C=O) groups is 1. The molecule has 0 aliphatic rings. The molecule has 0 radical (unpaired) electrons. The fourth-order valence-electron chi connectivity index (χ4n) is 2.42. The molecule has 24 heavy (non-hydrogen) atoms. The summed E-state index contributed by atoms with van der Waals surface area (Å²) in [6, 6.07) is 15.6. The first-order valence-corrected chi connectivity index (χ1v) is 7.73. The molecule has 0 fully saturated rings. The maximum Gasteiger partial charge on any atom is 0.304 e. The zero-order valence-corrected chi connectivity index (χ0v) is 13.9. The highest BCUT2D eigenvalue weighted by Gasteiger charge is 2.12. The van der Waals surface area contributed by atoms with E-state index >= 15 is 0 Å². The third kappa shape index (κ3) is 5.06. The summed E-state index contributed by atoms with van der Waals surface area (Å²) in [6.45, 7) is 2.41. The summed E-state index contributed by atoms with van der Waals surface area (Å²) < 4.78 is 5.21. The Balaban J connectivity index is 2.02. The minimum absolute atomic E-state index is 0.0113. The lowest BCUT2D eigenvalue weighted by Crippen LogP contribution is -2.05. The lowest BCUT2D eigenvalue weighted by Gasteiger charge is -2.11. The predicted molar refractivity (Wildman–Crippen MR) is 95.2 cm³/mol. The number of methoxy groups -OCH3 is 1. The highest BCUT2D eigenvalue weighted by molar-refractivity contribution is 5.69. The first-order chi connectivity index (χ1) is 11.6. The zero-order chi connectivity index (χ0) is 17.4. The molecule has 0 saturated heterocycles. The van der Waals surface area contributed by atoms with Crippen LogP contribution < -0.4 is 10.1 Å². The van der Waals surface area contributed by atoms with Crippen molar-refractivity contribution in [3.63, 3.8) is 0 Å². The van der Waals surface area contributed by atoms with E-state index in [9.17, 15) is 4.79 Å². The Morgan fingerprint density at radius 2 is 2.00 bits per heavy atom. The fraction of sp³-hybridized carbons (Fsp3) is 0.250. The molecular formula is C20H21NO3. The van der Waals surface area contributed by atoms with E-state index < -0.39 is 5.97 Å². The van der Waals surface area contributed by atoms with E-state index in [-0.39, 0.29) is 12.3 Å². The number of hydrogen-bond acceptors (Lipinski definition) is 3. The lowest BCUT2D eigenvalue weighted by molar-refractivity contribution is -0.137. The molecule has 0 aliphatic carbocycles. The van der Waals surface area contributed by atoms with Crippen LogP contribution in [0.5, 0.6) is 5.75 Å². The number of carboxylic acid groups (broad SMARTS) is 1. The summed E-state index contributed by atoms with van der Waals surface area (Å²) in [5.74, 6) is 5.47. The van der Waals surface area contributed by atoms with E-state index in [0.29, 0.717) is 6.54 Å². The zero-order valence-electron chi connectivity index (χ0n) is 13.9. The van der Waals surface area contributed by atoms with E-state index in [2.05, 4.69) is 17.2 Å². The molecule has 2 rings (SSSR count). The van der Waals surface area contributed by atoms with Crippen LogP contribution in [0, 0.1) is 11.8 Å². The number of benzene rings is 2. The van der Waals surface area contributed by atoms with Crippen LogP contribution in [0.25, 0.3) is 0 Å². The molecule has 0 amide bonds. The summed E-state index contributed by atoms with van der Waals surface area (Å²) in [6.07, 6.45) is 0.0113. The molecule has 4 nitrogen and oxygen atoms in total. The minimum atomic E-state index is -0.844. The molecular weight excluding hydrogens is 302 g/mol. The summed E-state index contributed by atoms with van der Waals surface area (Å²) in [5, 5.41) is 12.3. The predicted octanol–water partition coefficient (Wildman–Crippen LogP) is 3.89. The van der Waals surface area contributed by atoms with Gasteiger partial charge in [-0.3, -0.25) is 4.79 Å². The standard InChI is InChI=1S/C20H21NO3/c1-3-5-17(13-20(22)23)16-8-10-18(11-9-16)21-14-15-6-4-7-19(12-15)24-2/h4,6-12,17,21H,13-14H2,1-2H3,(H,22,23). The molecule has 2 N–H and O–H groups in total. The van der Waals surface area contributed by atoms with Crippen molar-refractivity contribution in [2.45, 2.75) is 25.8 Å². The molecule has 4 heteroatoms. The molecule has 0 spiro atoms. The van der Waals surface area contributed by atoms with Crippen molar-refractivity contribution in [2.75, 3.05) is 12.4 Å². The van der Waals surface area contributed by atoms with Gasteiger partial charge >= 0.3 is 5.97 Å². The van der Waals surface area contributed by atoms with Crippen LogP contribution in [0.15, 0.2) is 48.5 Å². The van der Waals surface area contributed by atoms with Gasteiger partial charge in [-0.05, 0) is 42.3 Å². The Hall–Kier alpha value is -2.93. The van der Waals surface area contributed by atoms with Crippen molar-refractivity contribution in [1.29, 1.82) is 0 Å². The van der Waals surface area contributed by atoms with Crippen molar-refractivity contribution in [3.8, 4) is 17.6 Å². The van der Waals surface area contributed by atoms with Gasteiger partial charge in [-0.2, -0.15) is 0 Å². The SMILES string of the molecule is CC#CC(CC(=O)O)c1ccc(NCc2cccc(OC)c2)cc1. The molecule has 0 aromatic heterocycles. The monoisotopic (exact) mass is 323 g/mol. The van der Waals surface area contributed by atoms with Gasteiger partial charge in [0.05, 0.1) is 19.4 Å². The largest absolute Gasteiger partial charge is 0.497 e. The second-order valence-electron chi connectivity index (χ2n) is 5.37. The minimum Gasteiger partial charge on any atom is -0.497 e. The highest BCUT2D eigenvalue weighted by atomic mass is 16.5. The number of carboxylic acids is 1. The van der Waals surface area contributed by atoms with Crippen LogP contribution in [0.4, 0.5) is 5.69 Å². The summed E-state index contributed by atoms with van der Waals surface area (Å²) in [7, 11) is 1.65. The van der Waals surface area contributed by atoms with Gasteiger partial charge in [0.1, 0.15) is 5.75 Å². The highest BCUT2D eigenvalue weighted by Crippen LogP contribution is 2.22. The first-order valence-electron chi connectivity index (χ1n) is 7.73. The number of nitrogens with one attached hydrogen (secondary N) is 1. The van der Waals surface area contributed by atoms with Gasteiger partial charge in [-0.1, -0.05) is 30.2 Å². The quantitative estimate of drug-likeness (QED) is 0.759. The van der Waals surface area contributed by atoms with Crippen LogP contribution in [0.1, 0.15) is 30.4 Å². The third-order valence-corrected chi connectivity index (χ3v) is 3.64. The maximum atomic E-state index is 10.9. The van der Waals surface area contributed by atoms with Gasteiger partial charge in [0.25, 0.3) is 0 Å². The van der Waals surface area contributed by atoms with Crippen molar-refractivity contribution in [3.05, 3.63) is 59.7 Å². The normalized spacial score (nSPS) is 11.1. The van der Waals surface area contributed by atoms with Gasteiger partial charge < -0.3 is 15.2 Å². The average molecular weight is 323 g/mol. The number of rotatable bonds is 7. The van der Waals surface area contributed by atoms with E-state index in [4.69, 9.17) is 9.84 Å². The van der Waals surface area contributed by atoms with E-state index in [0.717, 1.165) is 22.6 Å². The average Bonchev–Trinajstić information content (AvgIpc) is 2.60. The third-order valence-electron chi connectivity index (χ3n) is 3.64. The van der Waals surface area contributed by atoms with Crippen LogP contribution >= 0.6 is 0 Å². The van der Waals surface area contributed by atoms with Crippen LogP contribution in [0.3, 0.4) is 0 Å². The van der Waals surface area contributed by atoms with Crippen molar-refractivity contribution >= 4 is 11.7 Å². The van der Waals surface area contributed by atoms with Crippen molar-refractivity contribution in [1.82, 2.24) is 0 Å². The van der Waals surface area contributed by atoms with Crippen LogP contribution in [-0.4, -0.2) is 18.2 Å². The molecule has 1 unspecified atom stereocenters. The Bertz CT molecular complexity index is 741. The second kappa shape index (κ2) is 8.64. The summed E-state index contributed by atoms with van der Waals surface area (Å²) in [5.41, 5.74) is 3.01. The molecule has 0 saturated carbocycles. The Labute approximate surface area is 142 Å². The first kappa shape index (κ1) is 17.4. The Morgan fingerprint density at radius 3 is 2.62 bits per heavy atom. The number of aliphatic carboxylic acids is 1. The van der Waals surface area contributed by atoms with Gasteiger partial charge in [0, 0.05) is 12.2 Å². The number of ether oxygens (including phenoxy) is 1. The van der Waals surface area contributed by atoms with Gasteiger partial charge in [-0.25, -0.2) is 0 Å². The van der Waals surface area contributed by atoms with E-state index in [1.807, 2.05) is 48.5 Å². The lowest BCUT2D eigenvalue weighted by atomic mass is 9.96. The van der Waals surface area contributed by atoms with Gasteiger partial charge in [0.2, 0.25) is 0 Å². The maximum absolute atomic E-state index is 10.9. The smallest absolute Gasteiger partial charge is 0.304 e. The topological polar surface area (TPSA) is 58.6 Å².